The van der Waals surface area contributed by atoms with Gasteiger partial charge in [-0.3, -0.25) is 23.7 Å². The minimum absolute atomic E-state index is 0.0309. The third-order valence-electron chi connectivity index (χ3n) is 4.73. The lowest BCUT2D eigenvalue weighted by atomic mass is 10.2. The molecule has 0 aliphatic rings. The molecule has 0 atom stereocenters. The number of fused-ring (bicyclic) bond motifs is 1. The molecule has 2 aromatic heterocycles. The fraction of sp³-hybridized carbons (Fsp3) is 0.182. The van der Waals surface area contributed by atoms with Gasteiger partial charge in [0.25, 0.3) is 5.56 Å². The van der Waals surface area contributed by atoms with Crippen molar-refractivity contribution >= 4 is 28.5 Å². The molecule has 4 rings (SSSR count). The van der Waals surface area contributed by atoms with E-state index in [9.17, 15) is 27.6 Å². The molecule has 9 nitrogen and oxygen atoms in total. The van der Waals surface area contributed by atoms with Gasteiger partial charge in [0, 0.05) is 11.1 Å². The van der Waals surface area contributed by atoms with Gasteiger partial charge in [-0.05, 0) is 36.8 Å². The summed E-state index contributed by atoms with van der Waals surface area (Å²) < 4.78 is 49.5. The van der Waals surface area contributed by atoms with Crippen LogP contribution in [0.5, 0.6) is 17.5 Å². The largest absolute Gasteiger partial charge is 0.573 e. The van der Waals surface area contributed by atoms with Crippen LogP contribution in [0.1, 0.15) is 12.5 Å². The van der Waals surface area contributed by atoms with E-state index >= 15 is 0 Å². The molecule has 4 aromatic rings. The van der Waals surface area contributed by atoms with Crippen LogP contribution in [-0.4, -0.2) is 31.2 Å². The fourth-order valence-electron chi connectivity index (χ4n) is 3.33. The van der Waals surface area contributed by atoms with Crippen LogP contribution in [0.25, 0.3) is 11.2 Å². The van der Waals surface area contributed by atoms with Crippen molar-refractivity contribution in [3.63, 3.8) is 0 Å². The lowest BCUT2D eigenvalue weighted by Gasteiger charge is -2.12. The summed E-state index contributed by atoms with van der Waals surface area (Å²) in [4.78, 5) is 43.7. The van der Waals surface area contributed by atoms with Crippen LogP contribution in [0, 0.1) is 0 Å². The highest BCUT2D eigenvalue weighted by atomic mass is 35.5. The summed E-state index contributed by atoms with van der Waals surface area (Å²) in [5.41, 5.74) is -1.15. The predicted octanol–water partition coefficient (Wildman–Crippen LogP) is 3.87. The molecule has 0 aliphatic heterocycles. The Morgan fingerprint density at radius 1 is 1.09 bits per heavy atom. The quantitative estimate of drug-likeness (QED) is 0.406. The smallest absolute Gasteiger partial charge is 0.425 e. The van der Waals surface area contributed by atoms with Crippen molar-refractivity contribution in [2.24, 2.45) is 0 Å². The second-order valence-electron chi connectivity index (χ2n) is 7.45. The number of benzene rings is 2. The van der Waals surface area contributed by atoms with Gasteiger partial charge < -0.3 is 9.47 Å². The number of carbonyl (C=O) groups excluding carboxylic acids is 1. The Morgan fingerprint density at radius 3 is 2.43 bits per heavy atom. The monoisotopic (exact) mass is 508 g/mol. The molecule has 0 saturated heterocycles. The Bertz CT molecular complexity index is 1520. The summed E-state index contributed by atoms with van der Waals surface area (Å²) in [5.74, 6) is -1.00. The molecular formula is C22H16ClF3N4O5. The van der Waals surface area contributed by atoms with Crippen molar-refractivity contribution in [2.45, 2.75) is 26.4 Å². The number of Topliss-reactive ketones (excluding diaryl/α,β-unsaturated/α-hetero) is 1. The summed E-state index contributed by atoms with van der Waals surface area (Å²) in [6, 6.07) is 11.2. The summed E-state index contributed by atoms with van der Waals surface area (Å²) >= 11 is 5.94. The van der Waals surface area contributed by atoms with Crippen LogP contribution in [-0.2, 0) is 17.9 Å². The first-order valence-electron chi connectivity index (χ1n) is 10.0. The number of nitrogens with one attached hydrogen (secondary N) is 1. The van der Waals surface area contributed by atoms with Crippen molar-refractivity contribution in [1.82, 2.24) is 19.1 Å². The molecule has 1 N–H and O–H groups in total. The predicted molar refractivity (Wildman–Crippen MR) is 119 cm³/mol. The zero-order valence-corrected chi connectivity index (χ0v) is 18.7. The number of imidazole rings is 1. The lowest BCUT2D eigenvalue weighted by molar-refractivity contribution is -0.274. The highest BCUT2D eigenvalue weighted by Gasteiger charge is 2.31. The third-order valence-corrected chi connectivity index (χ3v) is 4.99. The number of alkyl halides is 3. The Labute approximate surface area is 199 Å². The summed E-state index contributed by atoms with van der Waals surface area (Å²) in [6.07, 6.45) is -4.90. The minimum Gasteiger partial charge on any atom is -0.425 e. The van der Waals surface area contributed by atoms with E-state index in [2.05, 4.69) is 14.7 Å². The maximum atomic E-state index is 13.1. The van der Waals surface area contributed by atoms with Gasteiger partial charge in [0.15, 0.2) is 11.2 Å². The molecule has 0 aliphatic carbocycles. The number of halogens is 4. The van der Waals surface area contributed by atoms with Crippen molar-refractivity contribution in [3.8, 4) is 17.5 Å². The van der Waals surface area contributed by atoms with Crippen molar-refractivity contribution in [3.05, 3.63) is 80.0 Å². The lowest BCUT2D eigenvalue weighted by Crippen LogP contribution is -2.37. The molecule has 2 aromatic carbocycles. The van der Waals surface area contributed by atoms with Crippen LogP contribution < -0.4 is 20.7 Å². The van der Waals surface area contributed by atoms with Crippen molar-refractivity contribution < 1.29 is 27.4 Å². The van der Waals surface area contributed by atoms with Crippen molar-refractivity contribution in [1.29, 1.82) is 0 Å². The zero-order valence-electron chi connectivity index (χ0n) is 17.9. The van der Waals surface area contributed by atoms with Gasteiger partial charge >= 0.3 is 18.1 Å². The fourth-order valence-corrected chi connectivity index (χ4v) is 3.45. The Morgan fingerprint density at radius 2 is 1.77 bits per heavy atom. The van der Waals surface area contributed by atoms with Crippen LogP contribution >= 0.6 is 11.6 Å². The first-order chi connectivity index (χ1) is 16.5. The molecule has 0 bridgehead atoms. The van der Waals surface area contributed by atoms with E-state index in [0.717, 1.165) is 16.7 Å². The molecule has 182 valence electrons. The Hall–Kier alpha value is -4.06. The number of hydrogen-bond acceptors (Lipinski definition) is 6. The highest BCUT2D eigenvalue weighted by Crippen LogP contribution is 2.30. The summed E-state index contributed by atoms with van der Waals surface area (Å²) in [5, 5.41) is 0.482. The molecular weight excluding hydrogens is 493 g/mol. The Balaban J connectivity index is 1.84. The number of aromatic amines is 1. The zero-order chi connectivity index (χ0) is 25.3. The van der Waals surface area contributed by atoms with Gasteiger partial charge in [0.05, 0.1) is 13.1 Å². The summed E-state index contributed by atoms with van der Waals surface area (Å²) in [6.45, 7) is 0.804. The van der Waals surface area contributed by atoms with Gasteiger partial charge in [-0.25, -0.2) is 4.79 Å². The number of aromatic nitrogens is 4. The summed E-state index contributed by atoms with van der Waals surface area (Å²) in [7, 11) is 0. The van der Waals surface area contributed by atoms with E-state index in [1.807, 2.05) is 0 Å². The number of ketones is 1. The average molecular weight is 509 g/mol. The standard InChI is InChI=1S/C22H16ClF3N4O5/c1-12(31)10-30-19(32)17-18(27-20(30)33)28-21(29(17)11-13-5-7-14(23)8-6-13)34-15-3-2-4-16(9-15)35-22(24,25)26/h2-9H,10-11H2,1H3,(H,27,33). The second-order valence-corrected chi connectivity index (χ2v) is 7.89. The second kappa shape index (κ2) is 9.29. The molecule has 0 amide bonds. The van der Waals surface area contributed by atoms with Gasteiger partial charge in [0.1, 0.15) is 17.3 Å². The molecule has 0 fully saturated rings. The van der Waals surface area contributed by atoms with Gasteiger partial charge in [-0.15, -0.1) is 13.2 Å². The minimum atomic E-state index is -4.90. The molecule has 0 saturated carbocycles. The van der Waals surface area contributed by atoms with E-state index in [1.54, 1.807) is 24.3 Å². The normalized spacial score (nSPS) is 11.6. The molecule has 2 heterocycles. The average Bonchev–Trinajstić information content (AvgIpc) is 3.08. The SMILES string of the molecule is CC(=O)Cn1c(=O)[nH]c2nc(Oc3cccc(OC(F)(F)F)c3)n(Cc3ccc(Cl)cc3)c2c1=O. The number of rotatable bonds is 7. The van der Waals surface area contributed by atoms with E-state index in [4.69, 9.17) is 16.3 Å². The number of ether oxygens (including phenoxy) is 2. The third kappa shape index (κ3) is 5.54. The van der Waals surface area contributed by atoms with E-state index in [-0.39, 0.29) is 29.5 Å². The van der Waals surface area contributed by atoms with E-state index in [0.29, 0.717) is 10.6 Å². The number of hydrogen-bond donors (Lipinski definition) is 1. The first kappa shape index (κ1) is 24.1. The molecule has 35 heavy (non-hydrogen) atoms. The highest BCUT2D eigenvalue weighted by molar-refractivity contribution is 6.30. The topological polar surface area (TPSA) is 108 Å². The van der Waals surface area contributed by atoms with Crippen LogP contribution in [0.4, 0.5) is 13.2 Å². The van der Waals surface area contributed by atoms with E-state index in [1.165, 1.54) is 23.6 Å². The Kier molecular flexibility index (Phi) is 6.39. The van der Waals surface area contributed by atoms with Crippen LogP contribution in [0.15, 0.2) is 58.1 Å². The molecule has 13 heteroatoms. The van der Waals surface area contributed by atoms with Crippen molar-refractivity contribution in [2.75, 3.05) is 0 Å². The van der Waals surface area contributed by atoms with Gasteiger partial charge in [-0.1, -0.05) is 29.8 Å². The molecule has 0 radical (unpaired) electrons. The first-order valence-corrected chi connectivity index (χ1v) is 10.4. The number of H-pyrrole nitrogens is 1. The van der Waals surface area contributed by atoms with Gasteiger partial charge in [0.2, 0.25) is 0 Å². The van der Waals surface area contributed by atoms with Crippen LogP contribution in [0.3, 0.4) is 0 Å². The molecule has 0 spiro atoms. The van der Waals surface area contributed by atoms with E-state index < -0.39 is 35.7 Å². The maximum Gasteiger partial charge on any atom is 0.573 e. The van der Waals surface area contributed by atoms with Crippen LogP contribution in [0.2, 0.25) is 5.02 Å². The maximum absolute atomic E-state index is 13.1. The molecule has 0 unspecified atom stereocenters. The van der Waals surface area contributed by atoms with Gasteiger partial charge in [-0.2, -0.15) is 4.98 Å². The number of carbonyl (C=O) groups is 1. The number of nitrogens with zero attached hydrogens (tertiary/aromatic N) is 3.